The van der Waals surface area contributed by atoms with Crippen LogP contribution < -0.4 is 5.56 Å². The van der Waals surface area contributed by atoms with Crippen LogP contribution in [0.5, 0.6) is 0 Å². The minimum atomic E-state index is -0.230. The van der Waals surface area contributed by atoms with E-state index in [-0.39, 0.29) is 5.56 Å². The van der Waals surface area contributed by atoms with E-state index in [4.69, 9.17) is 16.0 Å². The third-order valence-corrected chi connectivity index (χ3v) is 2.88. The lowest BCUT2D eigenvalue weighted by Crippen LogP contribution is -2.09. The number of aryl methyl sites for hydroxylation is 1. The number of benzene rings is 1. The zero-order chi connectivity index (χ0) is 12.7. The second kappa shape index (κ2) is 3.99. The summed E-state index contributed by atoms with van der Waals surface area (Å²) in [6, 6.07) is 8.61. The molecule has 18 heavy (non-hydrogen) atoms. The lowest BCUT2D eigenvalue weighted by atomic mass is 10.2. The van der Waals surface area contributed by atoms with E-state index in [9.17, 15) is 4.79 Å². The van der Waals surface area contributed by atoms with Gasteiger partial charge in [0.05, 0.1) is 10.9 Å². The molecule has 0 saturated heterocycles. The second-order valence-electron chi connectivity index (χ2n) is 3.99. The molecule has 90 valence electrons. The van der Waals surface area contributed by atoms with Crippen molar-refractivity contribution in [3.63, 3.8) is 0 Å². The number of nitrogens with one attached hydrogen (secondary N) is 1. The molecule has 0 fully saturated rings. The van der Waals surface area contributed by atoms with Gasteiger partial charge in [-0.05, 0) is 37.3 Å². The SMILES string of the molecule is Cc1ccc(-c2nc3ccc(Cl)cc3c(=O)[nH]2)o1. The fourth-order valence-corrected chi connectivity index (χ4v) is 1.96. The summed E-state index contributed by atoms with van der Waals surface area (Å²) >= 11 is 5.85. The summed E-state index contributed by atoms with van der Waals surface area (Å²) in [5, 5.41) is 0.978. The molecule has 0 aliphatic rings. The first-order valence-corrected chi connectivity index (χ1v) is 5.78. The minimum Gasteiger partial charge on any atom is -0.458 e. The van der Waals surface area contributed by atoms with Crippen molar-refractivity contribution in [1.82, 2.24) is 9.97 Å². The molecule has 0 saturated carbocycles. The maximum absolute atomic E-state index is 11.9. The quantitative estimate of drug-likeness (QED) is 0.731. The van der Waals surface area contributed by atoms with E-state index in [1.807, 2.05) is 13.0 Å². The van der Waals surface area contributed by atoms with Gasteiger partial charge in [0, 0.05) is 5.02 Å². The molecule has 2 heterocycles. The van der Waals surface area contributed by atoms with Crippen LogP contribution in [0.4, 0.5) is 0 Å². The molecule has 0 radical (unpaired) electrons. The first-order chi connectivity index (χ1) is 8.63. The molecule has 0 amide bonds. The molecule has 2 aromatic heterocycles. The molecule has 0 aliphatic heterocycles. The lowest BCUT2D eigenvalue weighted by molar-refractivity contribution is 0.544. The van der Waals surface area contributed by atoms with Crippen molar-refractivity contribution < 1.29 is 4.42 Å². The van der Waals surface area contributed by atoms with Crippen molar-refractivity contribution in [3.05, 3.63) is 51.5 Å². The van der Waals surface area contributed by atoms with E-state index >= 15 is 0 Å². The standard InChI is InChI=1S/C13H9ClN2O2/c1-7-2-5-11(18-7)12-15-10-4-3-8(14)6-9(10)13(17)16-12/h2-6H,1H3,(H,15,16,17). The molecule has 3 rings (SSSR count). The van der Waals surface area contributed by atoms with Crippen LogP contribution in [0.2, 0.25) is 5.02 Å². The number of aromatic nitrogens is 2. The maximum atomic E-state index is 11.9. The van der Waals surface area contributed by atoms with Crippen LogP contribution in [0.25, 0.3) is 22.5 Å². The number of furan rings is 1. The first-order valence-electron chi connectivity index (χ1n) is 5.40. The topological polar surface area (TPSA) is 58.9 Å². The van der Waals surface area contributed by atoms with Crippen molar-refractivity contribution in [2.75, 3.05) is 0 Å². The van der Waals surface area contributed by atoms with Gasteiger partial charge < -0.3 is 9.40 Å². The Morgan fingerprint density at radius 1 is 1.28 bits per heavy atom. The predicted molar refractivity (Wildman–Crippen MR) is 69.8 cm³/mol. The van der Waals surface area contributed by atoms with Gasteiger partial charge in [-0.3, -0.25) is 4.79 Å². The van der Waals surface area contributed by atoms with E-state index in [2.05, 4.69) is 9.97 Å². The van der Waals surface area contributed by atoms with Gasteiger partial charge in [-0.25, -0.2) is 4.98 Å². The Morgan fingerprint density at radius 2 is 2.11 bits per heavy atom. The lowest BCUT2D eigenvalue weighted by Gasteiger charge is -2.00. The monoisotopic (exact) mass is 260 g/mol. The number of halogens is 1. The molecule has 0 unspecified atom stereocenters. The fraction of sp³-hybridized carbons (Fsp3) is 0.0769. The van der Waals surface area contributed by atoms with E-state index in [0.29, 0.717) is 27.5 Å². The highest BCUT2D eigenvalue weighted by Crippen LogP contribution is 2.20. The fourth-order valence-electron chi connectivity index (χ4n) is 1.79. The number of H-pyrrole nitrogens is 1. The van der Waals surface area contributed by atoms with E-state index in [0.717, 1.165) is 5.76 Å². The van der Waals surface area contributed by atoms with Crippen LogP contribution in [-0.2, 0) is 0 Å². The molecule has 5 heteroatoms. The van der Waals surface area contributed by atoms with Gasteiger partial charge in [0.2, 0.25) is 0 Å². The molecule has 0 bridgehead atoms. The van der Waals surface area contributed by atoms with Crippen molar-refractivity contribution >= 4 is 22.5 Å². The molecular weight excluding hydrogens is 252 g/mol. The Kier molecular flexibility index (Phi) is 2.45. The highest BCUT2D eigenvalue weighted by Gasteiger charge is 2.09. The van der Waals surface area contributed by atoms with E-state index in [1.54, 1.807) is 24.3 Å². The molecule has 0 aliphatic carbocycles. The normalized spacial score (nSPS) is 11.0. The Hall–Kier alpha value is -2.07. The maximum Gasteiger partial charge on any atom is 0.259 e. The van der Waals surface area contributed by atoms with Crippen LogP contribution >= 0.6 is 11.6 Å². The van der Waals surface area contributed by atoms with Crippen LogP contribution in [0.3, 0.4) is 0 Å². The Bertz CT molecular complexity index is 789. The molecule has 3 aromatic rings. The molecule has 1 N–H and O–H groups in total. The van der Waals surface area contributed by atoms with E-state index in [1.165, 1.54) is 0 Å². The number of nitrogens with zero attached hydrogens (tertiary/aromatic N) is 1. The second-order valence-corrected chi connectivity index (χ2v) is 4.42. The van der Waals surface area contributed by atoms with Crippen molar-refractivity contribution in [1.29, 1.82) is 0 Å². The van der Waals surface area contributed by atoms with Gasteiger partial charge >= 0.3 is 0 Å². The summed E-state index contributed by atoms with van der Waals surface area (Å²) in [6.07, 6.45) is 0. The van der Waals surface area contributed by atoms with Crippen LogP contribution in [0.1, 0.15) is 5.76 Å². The zero-order valence-electron chi connectivity index (χ0n) is 9.53. The zero-order valence-corrected chi connectivity index (χ0v) is 10.3. The first kappa shape index (κ1) is 11.0. The molecule has 4 nitrogen and oxygen atoms in total. The van der Waals surface area contributed by atoms with Gasteiger partial charge in [0.25, 0.3) is 5.56 Å². The van der Waals surface area contributed by atoms with Gasteiger partial charge in [0.15, 0.2) is 11.6 Å². The smallest absolute Gasteiger partial charge is 0.259 e. The van der Waals surface area contributed by atoms with Crippen LogP contribution in [0.15, 0.2) is 39.5 Å². The summed E-state index contributed by atoms with van der Waals surface area (Å²) in [5.41, 5.74) is 0.360. The predicted octanol–water partition coefficient (Wildman–Crippen LogP) is 3.14. The summed E-state index contributed by atoms with van der Waals surface area (Å²) in [4.78, 5) is 19.0. The van der Waals surface area contributed by atoms with Crippen molar-refractivity contribution in [2.24, 2.45) is 0 Å². The highest BCUT2D eigenvalue weighted by molar-refractivity contribution is 6.31. The average Bonchev–Trinajstić information content (AvgIpc) is 2.77. The summed E-state index contributed by atoms with van der Waals surface area (Å²) in [6.45, 7) is 1.84. The van der Waals surface area contributed by atoms with Gasteiger partial charge in [-0.2, -0.15) is 0 Å². The summed E-state index contributed by atoms with van der Waals surface area (Å²) in [5.74, 6) is 1.73. The van der Waals surface area contributed by atoms with Crippen LogP contribution in [0, 0.1) is 6.92 Å². The Balaban J connectivity index is 2.28. The minimum absolute atomic E-state index is 0.230. The largest absolute Gasteiger partial charge is 0.458 e. The Labute approximate surface area is 107 Å². The van der Waals surface area contributed by atoms with Crippen molar-refractivity contribution in [2.45, 2.75) is 6.92 Å². The average molecular weight is 261 g/mol. The van der Waals surface area contributed by atoms with Gasteiger partial charge in [-0.15, -0.1) is 0 Å². The highest BCUT2D eigenvalue weighted by atomic mass is 35.5. The van der Waals surface area contributed by atoms with Crippen LogP contribution in [-0.4, -0.2) is 9.97 Å². The number of hydrogen-bond donors (Lipinski definition) is 1. The van der Waals surface area contributed by atoms with E-state index < -0.39 is 0 Å². The molecule has 0 spiro atoms. The third kappa shape index (κ3) is 1.80. The molecular formula is C13H9ClN2O2. The number of hydrogen-bond acceptors (Lipinski definition) is 3. The molecule has 1 aromatic carbocycles. The summed E-state index contributed by atoms with van der Waals surface area (Å²) < 4.78 is 5.44. The number of fused-ring (bicyclic) bond motifs is 1. The molecule has 0 atom stereocenters. The Morgan fingerprint density at radius 3 is 2.83 bits per heavy atom. The number of rotatable bonds is 1. The summed E-state index contributed by atoms with van der Waals surface area (Å²) in [7, 11) is 0. The van der Waals surface area contributed by atoms with Gasteiger partial charge in [0.1, 0.15) is 5.76 Å². The van der Waals surface area contributed by atoms with Gasteiger partial charge in [-0.1, -0.05) is 11.6 Å². The third-order valence-electron chi connectivity index (χ3n) is 2.64. The van der Waals surface area contributed by atoms with Crippen molar-refractivity contribution in [3.8, 4) is 11.6 Å². The number of aromatic amines is 1.